The van der Waals surface area contributed by atoms with Crippen molar-refractivity contribution in [3.8, 4) is 33.9 Å². The van der Waals surface area contributed by atoms with Gasteiger partial charge in [0.15, 0.2) is 5.82 Å². The normalized spacial score (nSPS) is 11.7. The largest absolute Gasteiger partial charge is 0.335 e. The number of fused-ring (bicyclic) bond motifs is 2. The van der Waals surface area contributed by atoms with Crippen molar-refractivity contribution < 1.29 is 17.6 Å². The van der Waals surface area contributed by atoms with E-state index in [1.807, 2.05) is 12.1 Å². The summed E-state index contributed by atoms with van der Waals surface area (Å²) >= 11 is 0. The van der Waals surface area contributed by atoms with Crippen LogP contribution in [0.3, 0.4) is 0 Å². The molecule has 13 heteroatoms. The van der Waals surface area contributed by atoms with Crippen LogP contribution in [0.5, 0.6) is 0 Å². The first-order chi connectivity index (χ1) is 22.2. The molecule has 11 nitrogen and oxygen atoms in total. The molecular formula is C33H25FN8O3S. The van der Waals surface area contributed by atoms with E-state index in [9.17, 15) is 17.6 Å². The minimum Gasteiger partial charge on any atom is -0.335 e. The van der Waals surface area contributed by atoms with E-state index in [0.717, 1.165) is 11.6 Å². The molecule has 0 bridgehead atoms. The van der Waals surface area contributed by atoms with Gasteiger partial charge in [-0.15, -0.1) is 0 Å². The van der Waals surface area contributed by atoms with Crippen molar-refractivity contribution in [3.05, 3.63) is 109 Å². The number of pyridine rings is 3. The summed E-state index contributed by atoms with van der Waals surface area (Å²) in [5.74, 6) is -0.354. The average Bonchev–Trinajstić information content (AvgIpc) is 3.68. The molecule has 3 N–H and O–H groups in total. The van der Waals surface area contributed by atoms with Crippen LogP contribution in [0.2, 0.25) is 0 Å². The lowest BCUT2D eigenvalue weighted by Gasteiger charge is -2.07. The highest BCUT2D eigenvalue weighted by Gasteiger charge is 2.18. The van der Waals surface area contributed by atoms with E-state index in [4.69, 9.17) is 4.98 Å². The minimum absolute atomic E-state index is 0.0867. The predicted octanol–water partition coefficient (Wildman–Crippen LogP) is 5.60. The second kappa shape index (κ2) is 11.6. The molecule has 0 fully saturated rings. The number of aryl methyl sites for hydroxylation is 1. The van der Waals surface area contributed by atoms with E-state index < -0.39 is 15.7 Å². The molecule has 0 atom stereocenters. The standard InChI is InChI=1S/C33H25FN8O3S/c1-46(44,45)8-7-19-9-21(11-23(34)10-19)26-16-36-17-29-30(26)40-32(39-29)31-25-13-27(37-18-28(25)41-42-31)22-12-24(15-35-14-22)38-33(43)20-5-3-2-4-6-20/h2-6,9-18H,7-8H2,1H3,(H,38,43)(H,39,40)(H,41,42). The fraction of sp³-hybridized carbons (Fsp3) is 0.0909. The zero-order valence-corrected chi connectivity index (χ0v) is 25.1. The highest BCUT2D eigenvalue weighted by Crippen LogP contribution is 2.33. The summed E-state index contributed by atoms with van der Waals surface area (Å²) in [6, 6.07) is 17.0. The number of halogens is 1. The summed E-state index contributed by atoms with van der Waals surface area (Å²) < 4.78 is 38.0. The van der Waals surface area contributed by atoms with Crippen molar-refractivity contribution in [2.24, 2.45) is 0 Å². The van der Waals surface area contributed by atoms with Crippen LogP contribution in [0, 0.1) is 5.82 Å². The van der Waals surface area contributed by atoms with Gasteiger partial charge >= 0.3 is 0 Å². The van der Waals surface area contributed by atoms with Crippen LogP contribution < -0.4 is 5.32 Å². The van der Waals surface area contributed by atoms with Gasteiger partial charge in [0.25, 0.3) is 5.91 Å². The molecule has 5 heterocycles. The molecule has 0 radical (unpaired) electrons. The van der Waals surface area contributed by atoms with Crippen molar-refractivity contribution in [1.82, 2.24) is 35.1 Å². The van der Waals surface area contributed by atoms with Crippen LogP contribution in [0.15, 0.2) is 91.6 Å². The Balaban J connectivity index is 1.22. The second-order valence-corrected chi connectivity index (χ2v) is 13.1. The smallest absolute Gasteiger partial charge is 0.255 e. The van der Waals surface area contributed by atoms with Gasteiger partial charge in [0.1, 0.15) is 21.3 Å². The van der Waals surface area contributed by atoms with E-state index in [0.29, 0.717) is 67.3 Å². The number of hydrogen-bond acceptors (Lipinski definition) is 8. The Morgan fingerprint density at radius 1 is 0.913 bits per heavy atom. The maximum absolute atomic E-state index is 14.6. The predicted molar refractivity (Wildman–Crippen MR) is 173 cm³/mol. The number of imidazole rings is 1. The molecule has 0 spiro atoms. The zero-order chi connectivity index (χ0) is 31.8. The third-order valence-corrected chi connectivity index (χ3v) is 8.37. The number of aromatic nitrogens is 7. The molecule has 0 aliphatic rings. The Morgan fingerprint density at radius 2 is 1.74 bits per heavy atom. The van der Waals surface area contributed by atoms with E-state index in [1.54, 1.807) is 67.4 Å². The number of carbonyl (C=O) groups is 1. The second-order valence-electron chi connectivity index (χ2n) is 10.9. The van der Waals surface area contributed by atoms with Gasteiger partial charge in [-0.3, -0.25) is 24.8 Å². The van der Waals surface area contributed by atoms with Crippen molar-refractivity contribution in [2.75, 3.05) is 17.3 Å². The lowest BCUT2D eigenvalue weighted by atomic mass is 10.0. The maximum atomic E-state index is 14.6. The molecule has 0 aliphatic heterocycles. The number of nitrogens with zero attached hydrogens (tertiary/aromatic N) is 5. The SMILES string of the molecule is CS(=O)(=O)CCc1cc(F)cc(-c2cncc3[nH]c(-c4n[nH]c5cnc(-c6cncc(NC(=O)c7ccccc7)c6)cc45)nc23)c1. The number of benzene rings is 2. The van der Waals surface area contributed by atoms with Crippen LogP contribution >= 0.6 is 0 Å². The number of aromatic amines is 2. The summed E-state index contributed by atoms with van der Waals surface area (Å²) in [4.78, 5) is 34.0. The molecule has 0 saturated heterocycles. The Hall–Kier alpha value is -5.82. The van der Waals surface area contributed by atoms with Crippen LogP contribution in [0.25, 0.3) is 55.8 Å². The Kier molecular flexibility index (Phi) is 7.29. The number of rotatable bonds is 8. The first-order valence-corrected chi connectivity index (χ1v) is 16.2. The molecule has 7 aromatic rings. The summed E-state index contributed by atoms with van der Waals surface area (Å²) in [5, 5.41) is 11.1. The van der Waals surface area contributed by atoms with Gasteiger partial charge in [-0.2, -0.15) is 5.10 Å². The molecule has 46 heavy (non-hydrogen) atoms. The van der Waals surface area contributed by atoms with Crippen LogP contribution in [-0.4, -0.2) is 61.5 Å². The molecule has 7 rings (SSSR count). The van der Waals surface area contributed by atoms with E-state index >= 15 is 0 Å². The molecular weight excluding hydrogens is 607 g/mol. The van der Waals surface area contributed by atoms with Gasteiger partial charge in [-0.05, 0) is 53.9 Å². The number of carbonyl (C=O) groups excluding carboxylic acids is 1. The van der Waals surface area contributed by atoms with Crippen molar-refractivity contribution >= 4 is 43.4 Å². The number of anilines is 1. The van der Waals surface area contributed by atoms with Gasteiger partial charge in [0.2, 0.25) is 0 Å². The first-order valence-electron chi connectivity index (χ1n) is 14.2. The maximum Gasteiger partial charge on any atom is 0.255 e. The van der Waals surface area contributed by atoms with E-state index in [-0.39, 0.29) is 18.1 Å². The quantitative estimate of drug-likeness (QED) is 0.195. The van der Waals surface area contributed by atoms with Gasteiger partial charge in [-0.1, -0.05) is 24.3 Å². The number of nitrogens with one attached hydrogen (secondary N) is 3. The van der Waals surface area contributed by atoms with Crippen molar-refractivity contribution in [2.45, 2.75) is 6.42 Å². The number of H-pyrrole nitrogens is 2. The number of hydrogen-bond donors (Lipinski definition) is 3. The molecule has 0 saturated carbocycles. The molecule has 2 aromatic carbocycles. The average molecular weight is 633 g/mol. The monoisotopic (exact) mass is 632 g/mol. The highest BCUT2D eigenvalue weighted by atomic mass is 32.2. The molecule has 5 aromatic heterocycles. The van der Waals surface area contributed by atoms with Crippen molar-refractivity contribution in [1.29, 1.82) is 0 Å². The van der Waals surface area contributed by atoms with Crippen LogP contribution in [-0.2, 0) is 16.3 Å². The van der Waals surface area contributed by atoms with Crippen LogP contribution in [0.1, 0.15) is 15.9 Å². The Bertz CT molecular complexity index is 2370. The highest BCUT2D eigenvalue weighted by molar-refractivity contribution is 7.90. The number of amides is 1. The summed E-state index contributed by atoms with van der Waals surface area (Å²) in [5.41, 5.74) is 6.42. The topological polar surface area (TPSA) is 159 Å². The van der Waals surface area contributed by atoms with E-state index in [1.165, 1.54) is 12.1 Å². The van der Waals surface area contributed by atoms with Gasteiger partial charge in [-0.25, -0.2) is 17.8 Å². The lowest BCUT2D eigenvalue weighted by molar-refractivity contribution is 0.102. The summed E-state index contributed by atoms with van der Waals surface area (Å²) in [7, 11) is -3.21. The fourth-order valence-corrected chi connectivity index (χ4v) is 5.81. The fourth-order valence-electron chi connectivity index (χ4n) is 5.21. The zero-order valence-electron chi connectivity index (χ0n) is 24.3. The van der Waals surface area contributed by atoms with Gasteiger partial charge in [0, 0.05) is 40.7 Å². The van der Waals surface area contributed by atoms with Gasteiger partial charge < -0.3 is 10.3 Å². The van der Waals surface area contributed by atoms with Crippen LogP contribution in [0.4, 0.5) is 10.1 Å². The van der Waals surface area contributed by atoms with Crippen molar-refractivity contribution in [3.63, 3.8) is 0 Å². The third kappa shape index (κ3) is 5.95. The first kappa shape index (κ1) is 28.9. The lowest BCUT2D eigenvalue weighted by Crippen LogP contribution is -2.11. The Labute approximate surface area is 261 Å². The number of sulfone groups is 1. The van der Waals surface area contributed by atoms with Gasteiger partial charge in [0.05, 0.1) is 52.3 Å². The summed E-state index contributed by atoms with van der Waals surface area (Å²) in [6.45, 7) is 0. The molecule has 0 unspecified atom stereocenters. The third-order valence-electron chi connectivity index (χ3n) is 7.42. The Morgan fingerprint density at radius 3 is 2.57 bits per heavy atom. The van der Waals surface area contributed by atoms with E-state index in [2.05, 4.69) is 35.5 Å². The molecule has 228 valence electrons. The minimum atomic E-state index is -3.21. The molecule has 0 aliphatic carbocycles. The summed E-state index contributed by atoms with van der Waals surface area (Å²) in [6.07, 6.45) is 9.46. The molecule has 1 amide bonds.